The Hall–Kier alpha value is -3.48. The molecule has 0 bridgehead atoms. The van der Waals surface area contributed by atoms with Crippen LogP contribution in [0.1, 0.15) is 22.7 Å². The van der Waals surface area contributed by atoms with Crippen LogP contribution in [0.15, 0.2) is 84.9 Å². The van der Waals surface area contributed by atoms with Crippen LogP contribution in [-0.2, 0) is 32.1 Å². The Bertz CT molecular complexity index is 1250. The molecule has 2 aliphatic rings. The number of carbonyl (C=O) groups is 3. The van der Waals surface area contributed by atoms with Gasteiger partial charge in [-0.1, -0.05) is 84.4 Å². The molecule has 3 aromatic rings. The van der Waals surface area contributed by atoms with E-state index < -0.39 is 29.4 Å². The molecule has 2 amide bonds. The van der Waals surface area contributed by atoms with Gasteiger partial charge in [-0.05, 0) is 28.8 Å². The highest BCUT2D eigenvalue weighted by Crippen LogP contribution is 2.50. The van der Waals surface area contributed by atoms with Gasteiger partial charge in [0, 0.05) is 17.5 Å². The predicted molar refractivity (Wildman–Crippen MR) is 131 cm³/mol. The van der Waals surface area contributed by atoms with Crippen molar-refractivity contribution in [2.75, 3.05) is 7.11 Å². The minimum absolute atomic E-state index is 0.154. The molecule has 0 unspecified atom stereocenters. The van der Waals surface area contributed by atoms with Crippen LogP contribution < -0.4 is 5.32 Å². The van der Waals surface area contributed by atoms with Crippen LogP contribution in [0, 0.1) is 11.8 Å². The molecule has 4 atom stereocenters. The third-order valence-electron chi connectivity index (χ3n) is 7.03. The molecule has 0 aliphatic carbocycles. The van der Waals surface area contributed by atoms with Crippen molar-refractivity contribution in [2.24, 2.45) is 11.8 Å². The largest absolute Gasteiger partial charge is 0.468 e. The fourth-order valence-electron chi connectivity index (χ4n) is 5.46. The van der Waals surface area contributed by atoms with Crippen LogP contribution in [-0.4, -0.2) is 35.3 Å². The van der Waals surface area contributed by atoms with Crippen molar-refractivity contribution in [3.63, 3.8) is 0 Å². The fraction of sp³-hybridized carbons (Fsp3) is 0.250. The van der Waals surface area contributed by atoms with Gasteiger partial charge in [-0.2, -0.15) is 0 Å². The SMILES string of the molecule is COC(=O)[C@@]1(Cc2ccccc2)N[C@@H](c2ccc(Cl)cc2)[C@H]2C(=O)N(Cc3ccccc3)C(=O)[C@H]21. The molecular formula is C28H25ClN2O4. The highest BCUT2D eigenvalue weighted by Gasteiger charge is 2.68. The smallest absolute Gasteiger partial charge is 0.327 e. The number of methoxy groups -OCH3 is 1. The molecule has 0 aromatic heterocycles. The quantitative estimate of drug-likeness (QED) is 0.420. The van der Waals surface area contributed by atoms with Crippen LogP contribution in [0.3, 0.4) is 0 Å². The number of amides is 2. The molecule has 7 heteroatoms. The monoisotopic (exact) mass is 488 g/mol. The average Bonchev–Trinajstić information content (AvgIpc) is 3.35. The van der Waals surface area contributed by atoms with E-state index in [1.165, 1.54) is 12.0 Å². The van der Waals surface area contributed by atoms with Gasteiger partial charge >= 0.3 is 5.97 Å². The first kappa shape index (κ1) is 23.3. The summed E-state index contributed by atoms with van der Waals surface area (Å²) in [5.41, 5.74) is 1.09. The molecule has 6 nitrogen and oxygen atoms in total. The Labute approximate surface area is 208 Å². The summed E-state index contributed by atoms with van der Waals surface area (Å²) in [5.74, 6) is -2.89. The third kappa shape index (κ3) is 4.03. The minimum Gasteiger partial charge on any atom is -0.468 e. The minimum atomic E-state index is -1.40. The number of ether oxygens (including phenoxy) is 1. The van der Waals surface area contributed by atoms with E-state index in [2.05, 4.69) is 5.32 Å². The van der Waals surface area contributed by atoms with Gasteiger partial charge in [0.1, 0.15) is 5.54 Å². The van der Waals surface area contributed by atoms with Crippen molar-refractivity contribution in [1.29, 1.82) is 0 Å². The zero-order chi connectivity index (χ0) is 24.6. The first-order valence-corrected chi connectivity index (χ1v) is 11.9. The second-order valence-corrected chi connectivity index (χ2v) is 9.49. The lowest BCUT2D eigenvalue weighted by atomic mass is 9.76. The summed E-state index contributed by atoms with van der Waals surface area (Å²) in [7, 11) is 1.31. The molecule has 1 N–H and O–H groups in total. The van der Waals surface area contributed by atoms with E-state index in [0.29, 0.717) is 5.02 Å². The van der Waals surface area contributed by atoms with Gasteiger partial charge in [-0.3, -0.25) is 24.6 Å². The van der Waals surface area contributed by atoms with E-state index in [1.54, 1.807) is 12.1 Å². The number of likely N-dealkylation sites (tertiary alicyclic amines) is 1. The summed E-state index contributed by atoms with van der Waals surface area (Å²) >= 11 is 6.11. The average molecular weight is 489 g/mol. The molecule has 2 aliphatic heterocycles. The summed E-state index contributed by atoms with van der Waals surface area (Å²) in [6.07, 6.45) is 0.212. The maximum absolute atomic E-state index is 13.9. The van der Waals surface area contributed by atoms with Crippen molar-refractivity contribution >= 4 is 29.4 Å². The van der Waals surface area contributed by atoms with Crippen molar-refractivity contribution < 1.29 is 19.1 Å². The summed E-state index contributed by atoms with van der Waals surface area (Å²) in [6.45, 7) is 0.154. The van der Waals surface area contributed by atoms with Crippen LogP contribution >= 0.6 is 11.6 Å². The molecule has 2 heterocycles. The Morgan fingerprint density at radius 2 is 1.51 bits per heavy atom. The lowest BCUT2D eigenvalue weighted by molar-refractivity contribution is -0.154. The van der Waals surface area contributed by atoms with Crippen molar-refractivity contribution in [3.8, 4) is 0 Å². The summed E-state index contributed by atoms with van der Waals surface area (Å²) in [4.78, 5) is 42.4. The fourth-order valence-corrected chi connectivity index (χ4v) is 5.59. The maximum Gasteiger partial charge on any atom is 0.327 e. The molecule has 0 saturated carbocycles. The number of benzene rings is 3. The lowest BCUT2D eigenvalue weighted by Gasteiger charge is -2.32. The number of hydrogen-bond acceptors (Lipinski definition) is 5. The first-order valence-electron chi connectivity index (χ1n) is 11.5. The van der Waals surface area contributed by atoms with Gasteiger partial charge < -0.3 is 4.74 Å². The Balaban J connectivity index is 1.62. The van der Waals surface area contributed by atoms with Crippen LogP contribution in [0.25, 0.3) is 0 Å². The second-order valence-electron chi connectivity index (χ2n) is 9.05. The van der Waals surface area contributed by atoms with Gasteiger partial charge in [0.05, 0.1) is 25.5 Å². The van der Waals surface area contributed by atoms with Crippen LogP contribution in [0.4, 0.5) is 0 Å². The Morgan fingerprint density at radius 3 is 2.11 bits per heavy atom. The van der Waals surface area contributed by atoms with Gasteiger partial charge in [-0.15, -0.1) is 0 Å². The number of rotatable bonds is 6. The van der Waals surface area contributed by atoms with Crippen LogP contribution in [0.2, 0.25) is 5.02 Å². The van der Waals surface area contributed by atoms with Crippen molar-refractivity contribution in [2.45, 2.75) is 24.5 Å². The highest BCUT2D eigenvalue weighted by molar-refractivity contribution is 6.30. The number of esters is 1. The van der Waals surface area contributed by atoms with Gasteiger partial charge in [-0.25, -0.2) is 0 Å². The standard InChI is InChI=1S/C28H25ClN2O4/c1-35-27(34)28(16-18-8-4-2-5-9-18)23-22(24(30-28)20-12-14-21(29)15-13-20)25(32)31(26(23)33)17-19-10-6-3-7-11-19/h2-15,22-24,30H,16-17H2,1H3/t22-,23-,24-,28-/m0/s1. The Morgan fingerprint density at radius 1 is 0.914 bits per heavy atom. The third-order valence-corrected chi connectivity index (χ3v) is 7.29. The zero-order valence-electron chi connectivity index (χ0n) is 19.2. The van der Waals surface area contributed by atoms with E-state index in [9.17, 15) is 14.4 Å². The van der Waals surface area contributed by atoms with E-state index in [0.717, 1.165) is 16.7 Å². The number of halogens is 1. The lowest BCUT2D eigenvalue weighted by Crippen LogP contribution is -2.57. The van der Waals surface area contributed by atoms with Gasteiger partial charge in [0.25, 0.3) is 0 Å². The Kier molecular flexibility index (Phi) is 6.17. The second kappa shape index (κ2) is 9.29. The van der Waals surface area contributed by atoms with E-state index in [-0.39, 0.29) is 24.8 Å². The number of fused-ring (bicyclic) bond motifs is 1. The number of nitrogens with zero attached hydrogens (tertiary/aromatic N) is 1. The maximum atomic E-state index is 13.9. The molecule has 3 aromatic carbocycles. The van der Waals surface area contributed by atoms with Crippen molar-refractivity contribution in [1.82, 2.24) is 10.2 Å². The van der Waals surface area contributed by atoms with Gasteiger partial charge in [0.15, 0.2) is 0 Å². The summed E-state index contributed by atoms with van der Waals surface area (Å²) in [5, 5.41) is 3.96. The molecular weight excluding hydrogens is 464 g/mol. The molecule has 35 heavy (non-hydrogen) atoms. The molecule has 2 fully saturated rings. The molecule has 5 rings (SSSR count). The van der Waals surface area contributed by atoms with E-state index in [4.69, 9.17) is 16.3 Å². The first-order chi connectivity index (χ1) is 16.9. The van der Waals surface area contributed by atoms with Gasteiger partial charge in [0.2, 0.25) is 11.8 Å². The summed E-state index contributed by atoms with van der Waals surface area (Å²) < 4.78 is 5.25. The topological polar surface area (TPSA) is 75.7 Å². The molecule has 0 radical (unpaired) electrons. The number of carbonyl (C=O) groups excluding carboxylic acids is 3. The predicted octanol–water partition coefficient (Wildman–Crippen LogP) is 3.94. The number of nitrogens with one attached hydrogen (secondary N) is 1. The van der Waals surface area contributed by atoms with Crippen LogP contribution in [0.5, 0.6) is 0 Å². The molecule has 0 spiro atoms. The number of imide groups is 1. The van der Waals surface area contributed by atoms with E-state index >= 15 is 0 Å². The number of hydrogen-bond donors (Lipinski definition) is 1. The zero-order valence-corrected chi connectivity index (χ0v) is 19.9. The van der Waals surface area contributed by atoms with E-state index in [1.807, 2.05) is 72.8 Å². The van der Waals surface area contributed by atoms with Crippen molar-refractivity contribution in [3.05, 3.63) is 107 Å². The molecule has 178 valence electrons. The highest BCUT2D eigenvalue weighted by atomic mass is 35.5. The summed E-state index contributed by atoms with van der Waals surface area (Å²) in [6, 6.07) is 25.4. The molecule has 2 saturated heterocycles. The normalized spacial score (nSPS) is 25.5.